The second-order valence-electron chi connectivity index (χ2n) is 6.45. The normalized spacial score (nSPS) is 12.7. The molecule has 0 aliphatic rings. The zero-order valence-electron chi connectivity index (χ0n) is 13.8. The molecule has 0 radical (unpaired) electrons. The molecule has 0 unspecified atom stereocenters. The number of Topliss-reactive ketones (excluding diaryl/α,β-unsaturated/α-hetero) is 1. The van der Waals surface area contributed by atoms with E-state index in [1.807, 2.05) is 13.8 Å². The predicted molar refractivity (Wildman–Crippen MR) is 78.9 cm³/mol. The molecule has 122 valence electrons. The lowest BCUT2D eigenvalue weighted by Gasteiger charge is -2.22. The topological polar surface area (TPSA) is 81.7 Å². The van der Waals surface area contributed by atoms with Crippen LogP contribution >= 0.6 is 0 Å². The highest BCUT2D eigenvalue weighted by atomic mass is 16.6. The Morgan fingerprint density at radius 1 is 1.14 bits per heavy atom. The molecule has 0 aliphatic heterocycles. The molecule has 0 aromatic rings. The van der Waals surface area contributed by atoms with Crippen LogP contribution in [0.3, 0.4) is 0 Å². The second kappa shape index (κ2) is 8.64. The van der Waals surface area contributed by atoms with Gasteiger partial charge in [0.15, 0.2) is 0 Å². The van der Waals surface area contributed by atoms with Gasteiger partial charge in [-0.1, -0.05) is 13.8 Å². The Hall–Kier alpha value is -1.59. The average molecular weight is 301 g/mol. The minimum absolute atomic E-state index is 0.111. The standard InChI is InChI=1S/C15H27NO5/c1-10(2)7-8-20-13(18)12(9-11(3)17)16-14(19)21-15(4,5)6/h10,12H,7-9H2,1-6H3,(H,16,19)/t12-/m0/s1. The quantitative estimate of drug-likeness (QED) is 0.730. The van der Waals surface area contributed by atoms with Crippen molar-refractivity contribution in [2.75, 3.05) is 6.61 Å². The van der Waals surface area contributed by atoms with Crippen LogP contribution in [0.15, 0.2) is 0 Å². The van der Waals surface area contributed by atoms with Gasteiger partial charge in [0, 0.05) is 6.42 Å². The lowest BCUT2D eigenvalue weighted by atomic mass is 10.1. The Morgan fingerprint density at radius 3 is 2.14 bits per heavy atom. The van der Waals surface area contributed by atoms with E-state index in [0.717, 1.165) is 6.42 Å². The van der Waals surface area contributed by atoms with Crippen molar-refractivity contribution >= 4 is 17.8 Å². The van der Waals surface area contributed by atoms with Gasteiger partial charge in [-0.25, -0.2) is 9.59 Å². The average Bonchev–Trinajstić information content (AvgIpc) is 2.23. The van der Waals surface area contributed by atoms with E-state index in [4.69, 9.17) is 9.47 Å². The van der Waals surface area contributed by atoms with Crippen LogP contribution in [0.5, 0.6) is 0 Å². The highest BCUT2D eigenvalue weighted by Crippen LogP contribution is 2.08. The maximum Gasteiger partial charge on any atom is 0.408 e. The number of hydrogen-bond acceptors (Lipinski definition) is 5. The minimum atomic E-state index is -1.01. The van der Waals surface area contributed by atoms with E-state index >= 15 is 0 Å². The lowest BCUT2D eigenvalue weighted by Crippen LogP contribution is -2.45. The molecule has 0 aromatic heterocycles. The summed E-state index contributed by atoms with van der Waals surface area (Å²) in [6, 6.07) is -1.01. The first-order valence-electron chi connectivity index (χ1n) is 7.17. The van der Waals surface area contributed by atoms with Crippen molar-refractivity contribution in [1.29, 1.82) is 0 Å². The molecule has 0 aromatic carbocycles. The van der Waals surface area contributed by atoms with Gasteiger partial charge in [0.25, 0.3) is 0 Å². The Bertz CT molecular complexity index is 371. The summed E-state index contributed by atoms with van der Waals surface area (Å²) < 4.78 is 10.2. The summed E-state index contributed by atoms with van der Waals surface area (Å²) in [6.07, 6.45) is -0.125. The van der Waals surface area contributed by atoms with E-state index in [0.29, 0.717) is 5.92 Å². The smallest absolute Gasteiger partial charge is 0.408 e. The third-order valence-electron chi connectivity index (χ3n) is 2.41. The molecular weight excluding hydrogens is 274 g/mol. The lowest BCUT2D eigenvalue weighted by molar-refractivity contribution is -0.147. The molecule has 0 saturated carbocycles. The molecule has 1 amide bonds. The SMILES string of the molecule is CC(=O)C[C@H](NC(=O)OC(C)(C)C)C(=O)OCCC(C)C. The first-order valence-corrected chi connectivity index (χ1v) is 7.17. The largest absolute Gasteiger partial charge is 0.464 e. The van der Waals surface area contributed by atoms with Gasteiger partial charge in [-0.2, -0.15) is 0 Å². The van der Waals surface area contributed by atoms with E-state index in [1.165, 1.54) is 6.92 Å². The summed E-state index contributed by atoms with van der Waals surface area (Å²) in [7, 11) is 0. The number of nitrogens with one attached hydrogen (secondary N) is 1. The molecule has 0 spiro atoms. The number of amides is 1. The minimum Gasteiger partial charge on any atom is -0.464 e. The Balaban J connectivity index is 4.53. The van der Waals surface area contributed by atoms with Crippen molar-refractivity contribution in [3.05, 3.63) is 0 Å². The fraction of sp³-hybridized carbons (Fsp3) is 0.800. The Labute approximate surface area is 126 Å². The summed E-state index contributed by atoms with van der Waals surface area (Å²) in [5.41, 5.74) is -0.674. The van der Waals surface area contributed by atoms with Crippen LogP contribution in [0.1, 0.15) is 54.4 Å². The van der Waals surface area contributed by atoms with Gasteiger partial charge < -0.3 is 14.8 Å². The zero-order chi connectivity index (χ0) is 16.6. The fourth-order valence-corrected chi connectivity index (χ4v) is 1.43. The maximum absolute atomic E-state index is 11.9. The molecule has 1 atom stereocenters. The van der Waals surface area contributed by atoms with E-state index in [1.54, 1.807) is 20.8 Å². The number of ketones is 1. The summed E-state index contributed by atoms with van der Waals surface area (Å²) in [5, 5.41) is 2.39. The predicted octanol–water partition coefficient (Wildman–Crippen LogP) is 2.45. The van der Waals surface area contributed by atoms with E-state index < -0.39 is 23.7 Å². The van der Waals surface area contributed by atoms with Crippen molar-refractivity contribution in [1.82, 2.24) is 5.32 Å². The van der Waals surface area contributed by atoms with Crippen LogP contribution in [0, 0.1) is 5.92 Å². The van der Waals surface area contributed by atoms with Crippen LogP contribution in [-0.2, 0) is 19.1 Å². The molecule has 0 saturated heterocycles. The van der Waals surface area contributed by atoms with Gasteiger partial charge >= 0.3 is 12.1 Å². The van der Waals surface area contributed by atoms with Crippen molar-refractivity contribution in [3.8, 4) is 0 Å². The van der Waals surface area contributed by atoms with Gasteiger partial charge in [-0.3, -0.25) is 4.79 Å². The van der Waals surface area contributed by atoms with E-state index in [9.17, 15) is 14.4 Å². The third-order valence-corrected chi connectivity index (χ3v) is 2.41. The van der Waals surface area contributed by atoms with E-state index in [-0.39, 0.29) is 18.8 Å². The molecule has 0 heterocycles. The number of hydrogen-bond donors (Lipinski definition) is 1. The molecule has 0 fully saturated rings. The van der Waals surface area contributed by atoms with Crippen molar-refractivity contribution in [2.24, 2.45) is 5.92 Å². The van der Waals surface area contributed by atoms with Crippen LogP contribution in [0.2, 0.25) is 0 Å². The van der Waals surface area contributed by atoms with Crippen molar-refractivity contribution in [3.63, 3.8) is 0 Å². The van der Waals surface area contributed by atoms with E-state index in [2.05, 4.69) is 5.32 Å². The van der Waals surface area contributed by atoms with Crippen LogP contribution in [0.4, 0.5) is 4.79 Å². The van der Waals surface area contributed by atoms with Crippen LogP contribution in [-0.4, -0.2) is 36.1 Å². The molecular formula is C15H27NO5. The van der Waals surface area contributed by atoms with Gasteiger partial charge in [0.1, 0.15) is 17.4 Å². The number of alkyl carbamates (subject to hydrolysis) is 1. The van der Waals surface area contributed by atoms with Gasteiger partial charge in [-0.15, -0.1) is 0 Å². The molecule has 6 nitrogen and oxygen atoms in total. The zero-order valence-corrected chi connectivity index (χ0v) is 13.8. The molecule has 0 rings (SSSR count). The summed E-state index contributed by atoms with van der Waals surface area (Å²) in [4.78, 5) is 34.8. The second-order valence-corrected chi connectivity index (χ2v) is 6.45. The Kier molecular flexibility index (Phi) is 7.99. The first-order chi connectivity index (χ1) is 9.51. The summed E-state index contributed by atoms with van der Waals surface area (Å²) in [6.45, 7) is 10.8. The number of carbonyl (C=O) groups excluding carboxylic acids is 3. The number of rotatable bonds is 7. The highest BCUT2D eigenvalue weighted by molar-refractivity contribution is 5.87. The van der Waals surface area contributed by atoms with Gasteiger partial charge in [0.05, 0.1) is 6.61 Å². The third kappa shape index (κ3) is 10.8. The Morgan fingerprint density at radius 2 is 1.71 bits per heavy atom. The molecule has 0 bridgehead atoms. The van der Waals surface area contributed by atoms with Gasteiger partial charge in [0.2, 0.25) is 0 Å². The number of esters is 1. The molecule has 1 N–H and O–H groups in total. The molecule has 21 heavy (non-hydrogen) atoms. The van der Waals surface area contributed by atoms with Crippen LogP contribution in [0.25, 0.3) is 0 Å². The van der Waals surface area contributed by atoms with Gasteiger partial charge in [-0.05, 0) is 40.0 Å². The first kappa shape index (κ1) is 19.4. The maximum atomic E-state index is 11.9. The number of ether oxygens (including phenoxy) is 2. The monoisotopic (exact) mass is 301 g/mol. The van der Waals surface area contributed by atoms with Crippen molar-refractivity contribution in [2.45, 2.75) is 66.0 Å². The van der Waals surface area contributed by atoms with Crippen LogP contribution < -0.4 is 5.32 Å². The highest BCUT2D eigenvalue weighted by Gasteiger charge is 2.26. The molecule has 0 aliphatic carbocycles. The van der Waals surface area contributed by atoms with Crippen molar-refractivity contribution < 1.29 is 23.9 Å². The summed E-state index contributed by atoms with van der Waals surface area (Å²) >= 11 is 0. The summed E-state index contributed by atoms with van der Waals surface area (Å²) in [5.74, 6) is -0.420. The number of carbonyl (C=O) groups is 3. The fourth-order valence-electron chi connectivity index (χ4n) is 1.43. The molecule has 6 heteroatoms.